The van der Waals surface area contributed by atoms with Gasteiger partial charge >= 0.3 is 7.82 Å². The molecule has 7 heteroatoms. The van der Waals surface area contributed by atoms with Gasteiger partial charge in [0.15, 0.2) is 0 Å². The molecule has 0 saturated carbocycles. The molecule has 0 saturated heterocycles. The van der Waals surface area contributed by atoms with Gasteiger partial charge in [0, 0.05) is 24.8 Å². The summed E-state index contributed by atoms with van der Waals surface area (Å²) in [6, 6.07) is 25.9. The predicted octanol–water partition coefficient (Wildman–Crippen LogP) is 5.38. The highest BCUT2D eigenvalue weighted by Gasteiger charge is 2.28. The maximum absolute atomic E-state index is 11.9. The van der Waals surface area contributed by atoms with E-state index in [1.54, 1.807) is 36.4 Å². The van der Waals surface area contributed by atoms with Gasteiger partial charge in [-0.25, -0.2) is 4.57 Å². The first-order valence-corrected chi connectivity index (χ1v) is 12.8. The van der Waals surface area contributed by atoms with E-state index in [1.165, 1.54) is 0 Å². The molecule has 1 atom stereocenters. The number of phenolic OH excluding ortho intramolecular Hbond substituents is 2. The first kappa shape index (κ1) is 23.3. The summed E-state index contributed by atoms with van der Waals surface area (Å²) in [6.45, 7) is 0. The summed E-state index contributed by atoms with van der Waals surface area (Å²) >= 11 is 0. The van der Waals surface area contributed by atoms with Crippen LogP contribution < -0.4 is 0 Å². The first-order valence-electron chi connectivity index (χ1n) is 11.3. The van der Waals surface area contributed by atoms with E-state index in [2.05, 4.69) is 0 Å². The smallest absolute Gasteiger partial charge is 0.470 e. The number of rotatable bonds is 2. The number of hydrogen-bond donors (Lipinski definition) is 4. The highest BCUT2D eigenvalue weighted by atomic mass is 31.2. The second-order valence-corrected chi connectivity index (χ2v) is 10.0. The van der Waals surface area contributed by atoms with Gasteiger partial charge in [-0.15, -0.1) is 0 Å². The van der Waals surface area contributed by atoms with Gasteiger partial charge in [0.25, 0.3) is 0 Å². The van der Waals surface area contributed by atoms with Crippen molar-refractivity contribution in [2.45, 2.75) is 25.4 Å². The maximum atomic E-state index is 11.9. The van der Waals surface area contributed by atoms with Crippen molar-refractivity contribution in [1.82, 2.24) is 0 Å². The number of phosphoric acid groups is 1. The number of benzene rings is 4. The third-order valence-corrected chi connectivity index (χ3v) is 6.79. The number of phosphoric ester groups is 1. The van der Waals surface area contributed by atoms with Crippen LogP contribution in [-0.4, -0.2) is 20.0 Å². The summed E-state index contributed by atoms with van der Waals surface area (Å²) in [7, 11) is -4.89. The fourth-order valence-corrected chi connectivity index (χ4v) is 5.22. The highest BCUT2D eigenvalue weighted by molar-refractivity contribution is 7.46. The normalized spacial score (nSPS) is 15.5. The molecule has 0 aromatic heterocycles. The van der Waals surface area contributed by atoms with Crippen molar-refractivity contribution in [3.8, 4) is 11.5 Å². The van der Waals surface area contributed by atoms with Crippen molar-refractivity contribution < 1.29 is 29.1 Å². The monoisotopic (exact) mass is 488 g/mol. The van der Waals surface area contributed by atoms with Crippen LogP contribution in [0.15, 0.2) is 84.9 Å². The van der Waals surface area contributed by atoms with E-state index in [0.717, 1.165) is 27.8 Å². The minimum Gasteiger partial charge on any atom is -0.507 e. The minimum absolute atomic E-state index is 0.0586. The van der Waals surface area contributed by atoms with Gasteiger partial charge in [-0.05, 0) is 38.9 Å². The Morgan fingerprint density at radius 2 is 1.14 bits per heavy atom. The molecule has 1 aliphatic carbocycles. The van der Waals surface area contributed by atoms with E-state index < -0.39 is 13.9 Å². The van der Waals surface area contributed by atoms with Crippen molar-refractivity contribution in [1.29, 1.82) is 0 Å². The number of para-hydroxylation sites is 2. The zero-order valence-electron chi connectivity index (χ0n) is 18.8. The molecule has 1 unspecified atom stereocenters. The number of phenols is 2. The molecular formula is C28H25O6P. The molecule has 4 aromatic carbocycles. The zero-order valence-corrected chi connectivity index (χ0v) is 19.7. The SMILES string of the molecule is O=P(O)(O)OC1c2cccc(c2)Cc2cccc(c2O)Cc2cccc(c2)Cc2cccc1c2O. The molecule has 0 spiro atoms. The van der Waals surface area contributed by atoms with Crippen molar-refractivity contribution in [2.75, 3.05) is 0 Å². The van der Waals surface area contributed by atoms with E-state index in [-0.39, 0.29) is 17.1 Å². The van der Waals surface area contributed by atoms with Crippen LogP contribution in [0.4, 0.5) is 0 Å². The fraction of sp³-hybridized carbons (Fsp3) is 0.143. The van der Waals surface area contributed by atoms with Crippen LogP contribution in [0, 0.1) is 0 Å². The van der Waals surface area contributed by atoms with E-state index >= 15 is 0 Å². The Kier molecular flexibility index (Phi) is 6.22. The summed E-state index contributed by atoms with van der Waals surface area (Å²) in [5, 5.41) is 22.2. The molecular weight excluding hydrogens is 463 g/mol. The van der Waals surface area contributed by atoms with Crippen LogP contribution >= 0.6 is 7.82 Å². The number of hydrogen-bond acceptors (Lipinski definition) is 4. The third-order valence-electron chi connectivity index (χ3n) is 6.31. The van der Waals surface area contributed by atoms with Gasteiger partial charge in [0.1, 0.15) is 17.6 Å². The molecule has 0 radical (unpaired) electrons. The second kappa shape index (κ2) is 9.33. The summed E-state index contributed by atoms with van der Waals surface area (Å²) in [6.07, 6.45) is 0.220. The van der Waals surface area contributed by atoms with Crippen LogP contribution in [0.2, 0.25) is 0 Å². The van der Waals surface area contributed by atoms with E-state index in [0.29, 0.717) is 30.4 Å². The summed E-state index contributed by atoms with van der Waals surface area (Å²) in [5.41, 5.74) is 5.77. The molecule has 4 aromatic rings. The molecule has 1 aliphatic rings. The summed E-state index contributed by atoms with van der Waals surface area (Å²) < 4.78 is 17.1. The Balaban J connectivity index is 1.72. The maximum Gasteiger partial charge on any atom is 0.470 e. The molecule has 5 rings (SSSR count). The van der Waals surface area contributed by atoms with Crippen LogP contribution in [0.3, 0.4) is 0 Å². The Morgan fingerprint density at radius 1 is 0.657 bits per heavy atom. The van der Waals surface area contributed by atoms with E-state index in [9.17, 15) is 24.6 Å². The third kappa shape index (κ3) is 5.16. The molecule has 0 aliphatic heterocycles. The average molecular weight is 488 g/mol. The molecule has 0 amide bonds. The van der Waals surface area contributed by atoms with Crippen molar-refractivity contribution in [3.63, 3.8) is 0 Å². The zero-order chi connectivity index (χ0) is 24.6. The lowest BCUT2D eigenvalue weighted by Gasteiger charge is -2.22. The molecule has 8 bridgehead atoms. The minimum atomic E-state index is -4.89. The van der Waals surface area contributed by atoms with E-state index in [4.69, 9.17) is 4.52 Å². The average Bonchev–Trinajstić information content (AvgIpc) is 2.81. The molecule has 178 valence electrons. The summed E-state index contributed by atoms with van der Waals surface area (Å²) in [5.74, 6) is 0.179. The lowest BCUT2D eigenvalue weighted by Crippen LogP contribution is -2.07. The van der Waals surface area contributed by atoms with Gasteiger partial charge in [0.05, 0.1) is 0 Å². The first-order chi connectivity index (χ1) is 16.8. The topological polar surface area (TPSA) is 107 Å². The van der Waals surface area contributed by atoms with Crippen LogP contribution in [0.25, 0.3) is 0 Å². The van der Waals surface area contributed by atoms with Crippen molar-refractivity contribution >= 4 is 7.82 Å². The number of aromatic hydroxyl groups is 2. The Labute approximate surface area is 203 Å². The molecule has 4 N–H and O–H groups in total. The fourth-order valence-electron chi connectivity index (χ4n) is 4.71. The molecule has 6 nitrogen and oxygen atoms in total. The lowest BCUT2D eigenvalue weighted by atomic mass is 9.92. The predicted molar refractivity (Wildman–Crippen MR) is 132 cm³/mol. The van der Waals surface area contributed by atoms with Gasteiger partial charge in [0.2, 0.25) is 0 Å². The Hall–Kier alpha value is -3.41. The van der Waals surface area contributed by atoms with Gasteiger partial charge < -0.3 is 20.0 Å². The Bertz CT molecular complexity index is 1440. The van der Waals surface area contributed by atoms with Gasteiger partial charge in [-0.3, -0.25) is 4.52 Å². The standard InChI is InChI=1S/C28H25O6P/c29-26-21-8-3-9-22(26)16-20-7-2-11-24(17-20)28(34-35(31,32)33)25-12-4-10-23(27(25)30)15-19-6-1-5-18(13-19)14-21/h1-13,17,28-30H,14-16H2,(H2,31,32,33). The molecule has 0 heterocycles. The Morgan fingerprint density at radius 3 is 1.74 bits per heavy atom. The van der Waals surface area contributed by atoms with E-state index in [1.807, 2.05) is 48.5 Å². The van der Waals surface area contributed by atoms with Gasteiger partial charge in [-0.1, -0.05) is 84.9 Å². The second-order valence-electron chi connectivity index (χ2n) is 8.85. The quantitative estimate of drug-likeness (QED) is 0.282. The van der Waals surface area contributed by atoms with Crippen molar-refractivity contribution in [3.05, 3.63) is 129 Å². The van der Waals surface area contributed by atoms with Crippen LogP contribution in [-0.2, 0) is 28.4 Å². The molecule has 35 heavy (non-hydrogen) atoms. The lowest BCUT2D eigenvalue weighted by molar-refractivity contribution is 0.156. The molecule has 0 fully saturated rings. The number of fused-ring (bicyclic) bond motifs is 8. The van der Waals surface area contributed by atoms with Crippen LogP contribution in [0.1, 0.15) is 50.6 Å². The van der Waals surface area contributed by atoms with Crippen LogP contribution in [0.5, 0.6) is 11.5 Å². The van der Waals surface area contributed by atoms with Gasteiger partial charge in [-0.2, -0.15) is 0 Å². The largest absolute Gasteiger partial charge is 0.507 e. The summed E-state index contributed by atoms with van der Waals surface area (Å²) in [4.78, 5) is 19.3. The highest BCUT2D eigenvalue weighted by Crippen LogP contribution is 2.47. The van der Waals surface area contributed by atoms with Crippen molar-refractivity contribution in [2.24, 2.45) is 0 Å².